The number of benzene rings is 1. The van der Waals surface area contributed by atoms with Crippen molar-refractivity contribution in [3.05, 3.63) is 34.9 Å². The lowest BCUT2D eigenvalue weighted by Gasteiger charge is -2.31. The van der Waals surface area contributed by atoms with Crippen molar-refractivity contribution in [2.75, 3.05) is 19.6 Å². The van der Waals surface area contributed by atoms with Gasteiger partial charge in [-0.25, -0.2) is 4.79 Å². The first-order valence-electron chi connectivity index (χ1n) is 11.1. The van der Waals surface area contributed by atoms with Crippen molar-refractivity contribution < 1.29 is 19.1 Å². The van der Waals surface area contributed by atoms with Crippen LogP contribution in [0.2, 0.25) is 0 Å². The van der Waals surface area contributed by atoms with Gasteiger partial charge in [0.05, 0.1) is 0 Å². The van der Waals surface area contributed by atoms with Gasteiger partial charge in [0, 0.05) is 13.1 Å². The first-order valence-corrected chi connectivity index (χ1v) is 11.1. The topological polar surface area (TPSA) is 87.7 Å². The van der Waals surface area contributed by atoms with Crippen molar-refractivity contribution in [1.29, 1.82) is 0 Å². The van der Waals surface area contributed by atoms with Crippen LogP contribution in [0.1, 0.15) is 76.6 Å². The molecule has 0 radical (unpaired) electrons. The Labute approximate surface area is 186 Å². The summed E-state index contributed by atoms with van der Waals surface area (Å²) in [5.41, 5.74) is 2.27. The number of nitrogens with one attached hydrogen (secondary N) is 2. The van der Waals surface area contributed by atoms with E-state index in [4.69, 9.17) is 4.74 Å². The second kappa shape index (κ2) is 12.3. The van der Waals surface area contributed by atoms with E-state index in [9.17, 15) is 14.4 Å². The van der Waals surface area contributed by atoms with Crippen LogP contribution in [0, 0.1) is 13.8 Å². The third kappa shape index (κ3) is 8.99. The lowest BCUT2D eigenvalue weighted by atomic mass is 9.99. The molecular weight excluding hydrogens is 394 g/mol. The molecule has 1 aromatic carbocycles. The highest BCUT2D eigenvalue weighted by Gasteiger charge is 2.30. The van der Waals surface area contributed by atoms with E-state index in [1.807, 2.05) is 39.0 Å². The van der Waals surface area contributed by atoms with Crippen LogP contribution in [0.4, 0.5) is 4.79 Å². The molecule has 0 aromatic heterocycles. The normalized spacial score (nSPS) is 12.1. The van der Waals surface area contributed by atoms with Crippen LogP contribution in [-0.2, 0) is 14.3 Å². The Kier molecular flexibility index (Phi) is 10.5. The molecule has 7 heteroatoms. The maximum atomic E-state index is 13.1. The molecule has 0 saturated heterocycles. The average Bonchev–Trinajstić information content (AvgIpc) is 2.68. The molecule has 3 amide bonds. The Morgan fingerprint density at radius 1 is 1.03 bits per heavy atom. The molecule has 0 saturated carbocycles. The van der Waals surface area contributed by atoms with Crippen molar-refractivity contribution in [2.45, 2.75) is 79.4 Å². The molecule has 0 bridgehead atoms. The smallest absolute Gasteiger partial charge is 0.408 e. The average molecular weight is 434 g/mol. The molecule has 1 unspecified atom stereocenters. The molecule has 0 aliphatic heterocycles. The molecule has 0 heterocycles. The van der Waals surface area contributed by atoms with Gasteiger partial charge in [-0.15, -0.1) is 0 Å². The molecule has 0 aliphatic carbocycles. The number of amides is 3. The minimum atomic E-state index is -0.765. The molecule has 1 rings (SSSR count). The molecule has 1 atom stereocenters. The minimum absolute atomic E-state index is 0.216. The Morgan fingerprint density at radius 3 is 2.26 bits per heavy atom. The molecule has 174 valence electrons. The number of carbonyl (C=O) groups excluding carboxylic acids is 3. The van der Waals surface area contributed by atoms with Gasteiger partial charge >= 0.3 is 6.09 Å². The highest BCUT2D eigenvalue weighted by atomic mass is 16.6. The van der Waals surface area contributed by atoms with Crippen LogP contribution < -0.4 is 10.6 Å². The summed E-state index contributed by atoms with van der Waals surface area (Å²) in [5, 5.41) is 5.47. The fraction of sp³-hybridized carbons (Fsp3) is 0.625. The van der Waals surface area contributed by atoms with Crippen molar-refractivity contribution in [3.63, 3.8) is 0 Å². The first-order chi connectivity index (χ1) is 14.5. The number of hydrogen-bond donors (Lipinski definition) is 2. The summed E-state index contributed by atoms with van der Waals surface area (Å²) in [4.78, 5) is 39.5. The van der Waals surface area contributed by atoms with E-state index in [2.05, 4.69) is 17.6 Å². The number of carbonyl (C=O) groups is 3. The summed E-state index contributed by atoms with van der Waals surface area (Å²) in [6.45, 7) is 13.8. The van der Waals surface area contributed by atoms with E-state index in [1.54, 1.807) is 20.8 Å². The van der Waals surface area contributed by atoms with Gasteiger partial charge in [0.1, 0.15) is 18.2 Å². The lowest BCUT2D eigenvalue weighted by Crippen LogP contribution is -2.47. The second-order valence-corrected chi connectivity index (χ2v) is 8.78. The second-order valence-electron chi connectivity index (χ2n) is 8.78. The highest BCUT2D eigenvalue weighted by Crippen LogP contribution is 2.24. The number of rotatable bonds is 10. The number of hydrogen-bond acceptors (Lipinski definition) is 4. The summed E-state index contributed by atoms with van der Waals surface area (Å²) in [5.74, 6) is -0.563. The van der Waals surface area contributed by atoms with Crippen LogP contribution in [0.3, 0.4) is 0 Å². The van der Waals surface area contributed by atoms with Crippen LogP contribution in [0.15, 0.2) is 18.2 Å². The predicted octanol–water partition coefficient (Wildman–Crippen LogP) is 4.02. The van der Waals surface area contributed by atoms with Crippen molar-refractivity contribution in [1.82, 2.24) is 15.5 Å². The van der Waals surface area contributed by atoms with Crippen LogP contribution in [0.25, 0.3) is 0 Å². The Balaban J connectivity index is 3.03. The Morgan fingerprint density at radius 2 is 1.71 bits per heavy atom. The largest absolute Gasteiger partial charge is 0.444 e. The molecule has 31 heavy (non-hydrogen) atoms. The van der Waals surface area contributed by atoms with Crippen LogP contribution >= 0.6 is 0 Å². The van der Waals surface area contributed by atoms with Gasteiger partial charge in [0.15, 0.2) is 0 Å². The number of ether oxygens (including phenoxy) is 1. The van der Waals surface area contributed by atoms with E-state index in [0.717, 1.165) is 36.0 Å². The monoisotopic (exact) mass is 433 g/mol. The molecule has 2 N–H and O–H groups in total. The summed E-state index contributed by atoms with van der Waals surface area (Å²) >= 11 is 0. The summed E-state index contributed by atoms with van der Waals surface area (Å²) in [6, 6.07) is 5.02. The van der Waals surface area contributed by atoms with Gasteiger partial charge in [-0.05, 0) is 64.7 Å². The highest BCUT2D eigenvalue weighted by molar-refractivity contribution is 5.90. The SMILES string of the molecule is CCCCCNC(=O)C(c1ccc(C)c(C)c1)N(CC)C(=O)CNC(=O)OC(C)(C)C. The van der Waals surface area contributed by atoms with Gasteiger partial charge in [0.25, 0.3) is 0 Å². The molecule has 0 aliphatic rings. The van der Waals surface area contributed by atoms with E-state index in [0.29, 0.717) is 13.1 Å². The zero-order valence-corrected chi connectivity index (χ0v) is 20.1. The number of likely N-dealkylation sites (N-methyl/N-ethyl adjacent to an activating group) is 1. The molecule has 0 fully saturated rings. The molecule has 1 aromatic rings. The summed E-state index contributed by atoms with van der Waals surface area (Å²) in [7, 11) is 0. The Hall–Kier alpha value is -2.57. The van der Waals surface area contributed by atoms with Crippen LogP contribution in [0.5, 0.6) is 0 Å². The fourth-order valence-corrected chi connectivity index (χ4v) is 3.16. The van der Waals surface area contributed by atoms with Crippen molar-refractivity contribution >= 4 is 17.9 Å². The van der Waals surface area contributed by atoms with Gasteiger partial charge in [-0.1, -0.05) is 38.0 Å². The number of unbranched alkanes of at least 4 members (excludes halogenated alkanes) is 2. The quantitative estimate of drug-likeness (QED) is 0.546. The van der Waals surface area contributed by atoms with E-state index < -0.39 is 17.7 Å². The maximum Gasteiger partial charge on any atom is 0.408 e. The van der Waals surface area contributed by atoms with Gasteiger partial charge in [-0.2, -0.15) is 0 Å². The van der Waals surface area contributed by atoms with E-state index >= 15 is 0 Å². The third-order valence-corrected chi connectivity index (χ3v) is 4.93. The first kappa shape index (κ1) is 26.5. The third-order valence-electron chi connectivity index (χ3n) is 4.93. The summed E-state index contributed by atoms with van der Waals surface area (Å²) in [6.07, 6.45) is 2.32. The number of alkyl carbamates (subject to hydrolysis) is 1. The maximum absolute atomic E-state index is 13.1. The van der Waals surface area contributed by atoms with Crippen LogP contribution in [-0.4, -0.2) is 48.0 Å². The lowest BCUT2D eigenvalue weighted by molar-refractivity contribution is -0.140. The fourth-order valence-electron chi connectivity index (χ4n) is 3.16. The number of nitrogens with zero attached hydrogens (tertiary/aromatic N) is 1. The van der Waals surface area contributed by atoms with Crippen molar-refractivity contribution in [3.8, 4) is 0 Å². The van der Waals surface area contributed by atoms with Gasteiger partial charge in [-0.3, -0.25) is 9.59 Å². The molecular formula is C24H39N3O4. The van der Waals surface area contributed by atoms with Gasteiger partial charge in [0.2, 0.25) is 11.8 Å². The Bertz CT molecular complexity index is 756. The van der Waals surface area contributed by atoms with Crippen molar-refractivity contribution in [2.24, 2.45) is 0 Å². The zero-order valence-electron chi connectivity index (χ0n) is 20.1. The predicted molar refractivity (Wildman–Crippen MR) is 123 cm³/mol. The summed E-state index contributed by atoms with van der Waals surface area (Å²) < 4.78 is 5.20. The van der Waals surface area contributed by atoms with E-state index in [-0.39, 0.29) is 18.4 Å². The molecule has 7 nitrogen and oxygen atoms in total. The van der Waals surface area contributed by atoms with Gasteiger partial charge < -0.3 is 20.3 Å². The standard InChI is InChI=1S/C24H39N3O4/c1-8-10-11-14-25-22(29)21(19-13-12-17(3)18(4)15-19)27(9-2)20(28)16-26-23(30)31-24(5,6)7/h12-13,15,21H,8-11,14,16H2,1-7H3,(H,25,29)(H,26,30). The zero-order chi connectivity index (χ0) is 23.6. The molecule has 0 spiro atoms. The number of aryl methyl sites for hydroxylation is 2. The minimum Gasteiger partial charge on any atom is -0.444 e. The van der Waals surface area contributed by atoms with E-state index in [1.165, 1.54) is 4.90 Å².